The first-order valence-corrected chi connectivity index (χ1v) is 8.65. The lowest BCUT2D eigenvalue weighted by Crippen LogP contribution is -2.16. The molecule has 1 heterocycles. The lowest BCUT2D eigenvalue weighted by atomic mass is 10.1. The Labute approximate surface area is 154 Å². The Morgan fingerprint density at radius 3 is 2.50 bits per heavy atom. The fraction of sp³-hybridized carbons (Fsp3) is 0.111. The van der Waals surface area contributed by atoms with E-state index in [0.717, 1.165) is 0 Å². The van der Waals surface area contributed by atoms with Gasteiger partial charge < -0.3 is 14.7 Å². The first kappa shape index (κ1) is 13.9. The van der Waals surface area contributed by atoms with Gasteiger partial charge in [-0.1, -0.05) is 54.6 Å². The first-order chi connectivity index (χ1) is 13.5. The molecule has 0 aliphatic carbocycles. The van der Waals surface area contributed by atoms with Gasteiger partial charge in [0.15, 0.2) is 11.8 Å². The topological polar surface area (TPSA) is 100 Å². The predicted octanol–water partition coefficient (Wildman–Crippen LogP) is 2.55. The van der Waals surface area contributed by atoms with Crippen LogP contribution in [-0.4, -0.2) is 14.2 Å². The van der Waals surface area contributed by atoms with Crippen molar-refractivity contribution in [1.82, 2.24) is 0 Å². The molecule has 7 nitrogen and oxygen atoms in total. The number of nitrogens with zero attached hydrogens (tertiary/aromatic N) is 1. The monoisotopic (exact) mass is 373 g/mol. The second-order valence-electron chi connectivity index (χ2n) is 5.12. The lowest BCUT2D eigenvalue weighted by molar-refractivity contribution is -0.123. The Hall–Kier alpha value is -3.31. The molecule has 2 aromatic rings. The van der Waals surface area contributed by atoms with Gasteiger partial charge in [-0.05, 0) is 11.1 Å². The fourth-order valence-corrected chi connectivity index (χ4v) is 3.00. The summed E-state index contributed by atoms with van der Waals surface area (Å²) in [5.74, 6) is -2.95. The van der Waals surface area contributed by atoms with Gasteiger partial charge in [-0.15, -0.1) is 0 Å². The lowest BCUT2D eigenvalue weighted by Gasteiger charge is -2.10. The van der Waals surface area contributed by atoms with E-state index in [1.54, 1.807) is 6.07 Å². The molecule has 1 aliphatic heterocycles. The average Bonchev–Trinajstić information content (AvgIpc) is 2.92. The summed E-state index contributed by atoms with van der Waals surface area (Å²) >= 11 is 0. The molecular formula is C18H14N2O5S. The second-order valence-corrected chi connectivity index (χ2v) is 6.40. The first-order valence-electron chi connectivity index (χ1n) is 8.74. The standard InChI is InChI=1S/C18H14N2O5S/c1-20-14-9-7-13(8-10-14)16-15(21)17(18(19)24-16)25-26(22,23)11-12-5-3-2-4-6-12/h2-10,16H,11,19H2/t16-/m0/s1/i11D2,16D. The van der Waals surface area contributed by atoms with Crippen LogP contribution in [0.15, 0.2) is 66.2 Å². The van der Waals surface area contributed by atoms with Crippen molar-refractivity contribution in [3.63, 3.8) is 0 Å². The largest absolute Gasteiger partial charge is 0.460 e. The van der Waals surface area contributed by atoms with Gasteiger partial charge in [0.2, 0.25) is 17.4 Å². The highest BCUT2D eigenvalue weighted by molar-refractivity contribution is 7.86. The Balaban J connectivity index is 1.92. The number of carbonyl (C=O) groups excluding carboxylic acids is 1. The maximum Gasteiger partial charge on any atom is 0.313 e. The van der Waals surface area contributed by atoms with Crippen LogP contribution in [0.2, 0.25) is 0 Å². The van der Waals surface area contributed by atoms with Crippen LogP contribution in [0.3, 0.4) is 0 Å². The number of rotatable bonds is 5. The number of carbonyl (C=O) groups is 1. The van der Waals surface area contributed by atoms with Gasteiger partial charge >= 0.3 is 10.1 Å². The maximum atomic E-state index is 12.7. The van der Waals surface area contributed by atoms with Gasteiger partial charge in [0.05, 0.1) is 10.7 Å². The van der Waals surface area contributed by atoms with Crippen LogP contribution in [0.1, 0.15) is 21.3 Å². The van der Waals surface area contributed by atoms with Crippen molar-refractivity contribution < 1.29 is 26.2 Å². The van der Waals surface area contributed by atoms with Crippen LogP contribution in [0.25, 0.3) is 4.85 Å². The summed E-state index contributed by atoms with van der Waals surface area (Å²) in [6.07, 6.45) is -2.42. The molecule has 0 saturated carbocycles. The number of Topliss-reactive ketones (excluding diaryl/α,β-unsaturated/α-hetero) is 1. The summed E-state index contributed by atoms with van der Waals surface area (Å²) in [5.41, 5.74) is 2.64. The molecule has 2 aromatic carbocycles. The molecular weight excluding hydrogens is 356 g/mol. The number of benzene rings is 2. The molecule has 0 amide bonds. The Kier molecular flexibility index (Phi) is 3.69. The highest BCUT2D eigenvalue weighted by Gasteiger charge is 2.39. The summed E-state index contributed by atoms with van der Waals surface area (Å²) in [6.45, 7) is 6.93. The van der Waals surface area contributed by atoms with Crippen LogP contribution in [0.5, 0.6) is 0 Å². The molecule has 0 aromatic heterocycles. The van der Waals surface area contributed by atoms with Crippen molar-refractivity contribution in [3.8, 4) is 0 Å². The third-order valence-electron chi connectivity index (χ3n) is 3.32. The molecule has 0 bridgehead atoms. The van der Waals surface area contributed by atoms with E-state index in [-0.39, 0.29) is 16.8 Å². The Bertz CT molecular complexity index is 1140. The third kappa shape index (κ3) is 3.68. The smallest absolute Gasteiger partial charge is 0.313 e. The molecule has 0 fully saturated rings. The molecule has 0 spiro atoms. The number of hydrogen-bond donors (Lipinski definition) is 1. The minimum Gasteiger partial charge on any atom is -0.460 e. The van der Waals surface area contributed by atoms with Gasteiger partial charge in [0.25, 0.3) is 0 Å². The van der Waals surface area contributed by atoms with Gasteiger partial charge in [0, 0.05) is 0 Å². The Morgan fingerprint density at radius 2 is 1.88 bits per heavy atom. The summed E-state index contributed by atoms with van der Waals surface area (Å²) < 4.78 is 59.1. The zero-order valence-corrected chi connectivity index (χ0v) is 14.0. The van der Waals surface area contributed by atoms with Gasteiger partial charge in [0.1, 0.15) is 5.70 Å². The van der Waals surface area contributed by atoms with E-state index in [1.165, 1.54) is 48.5 Å². The summed E-state index contributed by atoms with van der Waals surface area (Å²) in [7, 11) is -5.03. The Morgan fingerprint density at radius 1 is 1.23 bits per heavy atom. The van der Waals surface area contributed by atoms with Crippen LogP contribution in [0.4, 0.5) is 5.69 Å². The molecule has 0 radical (unpaired) electrons. The van der Waals surface area contributed by atoms with Crippen LogP contribution in [0, 0.1) is 6.57 Å². The molecule has 26 heavy (non-hydrogen) atoms. The number of nitrogens with two attached hydrogens (primary N) is 1. The van der Waals surface area contributed by atoms with Crippen molar-refractivity contribution in [1.29, 1.82) is 0 Å². The molecule has 132 valence electrons. The zero-order valence-electron chi connectivity index (χ0n) is 16.2. The van der Waals surface area contributed by atoms with Gasteiger partial charge in [-0.25, -0.2) is 4.85 Å². The highest BCUT2D eigenvalue weighted by Crippen LogP contribution is 2.33. The van der Waals surface area contributed by atoms with E-state index in [1.807, 2.05) is 0 Å². The van der Waals surface area contributed by atoms with Crippen molar-refractivity contribution in [2.45, 2.75) is 11.8 Å². The summed E-state index contributed by atoms with van der Waals surface area (Å²) in [4.78, 5) is 15.9. The molecule has 1 atom stereocenters. The molecule has 2 N–H and O–H groups in total. The number of ketones is 1. The normalized spacial score (nSPS) is 22.0. The number of hydrogen-bond acceptors (Lipinski definition) is 6. The number of ether oxygens (including phenoxy) is 1. The zero-order chi connectivity index (χ0) is 21.4. The minimum absolute atomic E-state index is 0.0000764. The van der Waals surface area contributed by atoms with Gasteiger partial charge in [-0.3, -0.25) is 4.79 Å². The van der Waals surface area contributed by atoms with Gasteiger partial charge in [-0.2, -0.15) is 8.42 Å². The van der Waals surface area contributed by atoms with Crippen molar-refractivity contribution in [2.24, 2.45) is 5.73 Å². The molecule has 1 aliphatic rings. The van der Waals surface area contributed by atoms with Crippen LogP contribution in [-0.2, 0) is 29.5 Å². The minimum atomic E-state index is -5.03. The molecule has 3 rings (SSSR count). The third-order valence-corrected chi connectivity index (χ3v) is 4.19. The summed E-state index contributed by atoms with van der Waals surface area (Å²) in [6, 6.07) is 12.3. The summed E-state index contributed by atoms with van der Waals surface area (Å²) in [5, 5.41) is 0. The van der Waals surface area contributed by atoms with E-state index in [4.69, 9.17) is 25.3 Å². The second kappa shape index (κ2) is 6.90. The van der Waals surface area contributed by atoms with Crippen LogP contribution < -0.4 is 5.73 Å². The molecule has 8 heteroatoms. The van der Waals surface area contributed by atoms with E-state index in [0.29, 0.717) is 0 Å². The van der Waals surface area contributed by atoms with E-state index in [2.05, 4.69) is 4.85 Å². The van der Waals surface area contributed by atoms with E-state index >= 15 is 0 Å². The van der Waals surface area contributed by atoms with E-state index in [9.17, 15) is 13.2 Å². The SMILES string of the molecule is [2H]C([2H])(c1ccccc1)S(=O)(=O)OC1=C(N)O[C@@]([2H])(c2ccc([N+]#[C-])cc2)C1=O. The fourth-order valence-electron chi connectivity index (χ4n) is 2.16. The van der Waals surface area contributed by atoms with Crippen molar-refractivity contribution >= 4 is 21.6 Å². The maximum absolute atomic E-state index is 12.7. The molecule has 0 saturated heterocycles. The van der Waals surface area contributed by atoms with Crippen molar-refractivity contribution in [2.75, 3.05) is 0 Å². The highest BCUT2D eigenvalue weighted by atomic mass is 32.2. The van der Waals surface area contributed by atoms with Crippen molar-refractivity contribution in [3.05, 3.63) is 88.8 Å². The average molecular weight is 373 g/mol. The predicted molar refractivity (Wildman–Crippen MR) is 92.9 cm³/mol. The van der Waals surface area contributed by atoms with Crippen LogP contribution >= 0.6 is 0 Å². The quantitative estimate of drug-likeness (QED) is 0.639. The molecule has 0 unspecified atom stereocenters. The van der Waals surface area contributed by atoms with E-state index < -0.39 is 39.3 Å².